The molecule has 3 rings (SSSR count). The number of amides is 1. The summed E-state index contributed by atoms with van der Waals surface area (Å²) < 4.78 is 5.70. The van der Waals surface area contributed by atoms with Crippen LogP contribution in [0.1, 0.15) is 24.2 Å². The lowest BCUT2D eigenvalue weighted by atomic mass is 10.0. The molecule has 2 aromatic carbocycles. The van der Waals surface area contributed by atoms with E-state index in [2.05, 4.69) is 24.1 Å². The molecule has 0 aliphatic carbocycles. The molecule has 5 heteroatoms. The van der Waals surface area contributed by atoms with Crippen molar-refractivity contribution < 1.29 is 14.6 Å². The summed E-state index contributed by atoms with van der Waals surface area (Å²) in [6, 6.07) is 10.6. The minimum absolute atomic E-state index is 0.0844. The van der Waals surface area contributed by atoms with Gasteiger partial charge in [0.1, 0.15) is 5.75 Å². The Morgan fingerprint density at radius 3 is 2.96 bits per heavy atom. The van der Waals surface area contributed by atoms with E-state index >= 15 is 0 Å². The maximum Gasteiger partial charge on any atom is 0.251 e. The number of aromatic hydroxyl groups is 1. The molecule has 128 valence electrons. The average Bonchev–Trinajstić information content (AvgIpc) is 2.53. The third kappa shape index (κ3) is 3.86. The number of fused-ring (bicyclic) bond motifs is 1. The summed E-state index contributed by atoms with van der Waals surface area (Å²) >= 11 is 0. The molecule has 0 aromatic heterocycles. The fourth-order valence-corrected chi connectivity index (χ4v) is 3.20. The monoisotopic (exact) mass is 328 g/mol. The largest absolute Gasteiger partial charge is 0.508 e. The van der Waals surface area contributed by atoms with Crippen molar-refractivity contribution >= 4 is 16.7 Å². The maximum atomic E-state index is 12.5. The summed E-state index contributed by atoms with van der Waals surface area (Å²) in [7, 11) is 0. The third-order valence-electron chi connectivity index (χ3n) is 4.33. The number of nitrogens with zero attached hydrogens (tertiary/aromatic N) is 1. The molecule has 1 fully saturated rings. The second-order valence-corrected chi connectivity index (χ2v) is 6.85. The first kappa shape index (κ1) is 16.7. The highest BCUT2D eigenvalue weighted by Gasteiger charge is 2.26. The van der Waals surface area contributed by atoms with E-state index in [1.54, 1.807) is 18.2 Å². The van der Waals surface area contributed by atoms with Crippen molar-refractivity contribution in [1.29, 1.82) is 0 Å². The Labute approximate surface area is 142 Å². The van der Waals surface area contributed by atoms with Gasteiger partial charge in [-0.1, -0.05) is 12.1 Å². The van der Waals surface area contributed by atoms with Crippen molar-refractivity contribution in [3.05, 3.63) is 42.0 Å². The number of morpholine rings is 1. The van der Waals surface area contributed by atoms with E-state index in [9.17, 15) is 9.90 Å². The molecule has 0 atom stereocenters. The van der Waals surface area contributed by atoms with Crippen molar-refractivity contribution in [2.24, 2.45) is 0 Å². The van der Waals surface area contributed by atoms with E-state index in [0.29, 0.717) is 12.1 Å². The fraction of sp³-hybridized carbons (Fsp3) is 0.421. The average molecular weight is 328 g/mol. The highest BCUT2D eigenvalue weighted by molar-refractivity contribution is 6.07. The first-order chi connectivity index (χ1) is 11.4. The number of phenolic OH excluding ortho intramolecular Hbond substituents is 1. The summed E-state index contributed by atoms with van der Waals surface area (Å²) in [5, 5.41) is 14.3. The smallest absolute Gasteiger partial charge is 0.251 e. The molecule has 1 aliphatic heterocycles. The van der Waals surface area contributed by atoms with Crippen LogP contribution in [-0.4, -0.2) is 54.3 Å². The first-order valence-corrected chi connectivity index (χ1v) is 8.31. The van der Waals surface area contributed by atoms with Crippen LogP contribution in [0.15, 0.2) is 36.4 Å². The normalized spacial score (nSPS) is 17.8. The van der Waals surface area contributed by atoms with E-state index in [1.165, 1.54) is 0 Å². The van der Waals surface area contributed by atoms with E-state index in [0.717, 1.165) is 37.0 Å². The van der Waals surface area contributed by atoms with Crippen LogP contribution in [0.5, 0.6) is 5.75 Å². The highest BCUT2D eigenvalue weighted by atomic mass is 16.5. The van der Waals surface area contributed by atoms with E-state index < -0.39 is 0 Å². The third-order valence-corrected chi connectivity index (χ3v) is 4.33. The van der Waals surface area contributed by atoms with Gasteiger partial charge in [-0.2, -0.15) is 0 Å². The van der Waals surface area contributed by atoms with E-state index in [4.69, 9.17) is 4.74 Å². The Morgan fingerprint density at radius 1 is 1.33 bits per heavy atom. The molecule has 1 heterocycles. The topological polar surface area (TPSA) is 61.8 Å². The van der Waals surface area contributed by atoms with Crippen LogP contribution in [0.25, 0.3) is 10.8 Å². The van der Waals surface area contributed by atoms with Gasteiger partial charge in [0.2, 0.25) is 0 Å². The van der Waals surface area contributed by atoms with Gasteiger partial charge < -0.3 is 15.2 Å². The Bertz CT molecular complexity index is 742. The van der Waals surface area contributed by atoms with Crippen LogP contribution in [-0.2, 0) is 4.74 Å². The SMILES string of the molecule is CC1(C)CN(CCNC(=O)c2cccc3cc(O)ccc23)CCO1. The minimum atomic E-state index is -0.125. The molecule has 5 nitrogen and oxygen atoms in total. The van der Waals surface area contributed by atoms with Crippen molar-refractivity contribution in [2.75, 3.05) is 32.8 Å². The van der Waals surface area contributed by atoms with Crippen LogP contribution in [0.4, 0.5) is 0 Å². The lowest BCUT2D eigenvalue weighted by Gasteiger charge is -2.38. The molecular formula is C19H24N2O3. The second-order valence-electron chi connectivity index (χ2n) is 6.85. The molecule has 0 radical (unpaired) electrons. The predicted octanol–water partition coefficient (Wildman–Crippen LogP) is 2.39. The van der Waals surface area contributed by atoms with Crippen LogP contribution in [0.3, 0.4) is 0 Å². The Balaban J connectivity index is 1.61. The summed E-state index contributed by atoms with van der Waals surface area (Å²) in [4.78, 5) is 14.8. The number of carbonyl (C=O) groups is 1. The number of benzene rings is 2. The van der Waals surface area contributed by atoms with Gasteiger partial charge >= 0.3 is 0 Å². The zero-order chi connectivity index (χ0) is 17.2. The quantitative estimate of drug-likeness (QED) is 0.905. The zero-order valence-corrected chi connectivity index (χ0v) is 14.2. The standard InChI is InChI=1S/C19H24N2O3/c1-19(2)13-21(10-11-24-19)9-8-20-18(23)17-5-3-4-14-12-15(22)6-7-16(14)17/h3-7,12,22H,8-11,13H2,1-2H3,(H,20,23). The van der Waals surface area contributed by atoms with Crippen LogP contribution in [0, 0.1) is 0 Å². The fourth-order valence-electron chi connectivity index (χ4n) is 3.20. The Morgan fingerprint density at radius 2 is 2.17 bits per heavy atom. The van der Waals surface area contributed by atoms with Gasteiger partial charge in [0, 0.05) is 31.7 Å². The number of hydrogen-bond donors (Lipinski definition) is 2. The van der Waals surface area contributed by atoms with E-state index in [1.807, 2.05) is 18.2 Å². The molecule has 1 aliphatic rings. The summed E-state index contributed by atoms with van der Waals surface area (Å²) in [6.07, 6.45) is 0. The molecule has 1 saturated heterocycles. The highest BCUT2D eigenvalue weighted by Crippen LogP contribution is 2.23. The number of rotatable bonds is 4. The Kier molecular flexibility index (Phi) is 4.73. The van der Waals surface area contributed by atoms with Gasteiger partial charge in [-0.05, 0) is 48.9 Å². The van der Waals surface area contributed by atoms with Crippen molar-refractivity contribution in [1.82, 2.24) is 10.2 Å². The molecular weight excluding hydrogens is 304 g/mol. The molecule has 2 N–H and O–H groups in total. The zero-order valence-electron chi connectivity index (χ0n) is 14.2. The maximum absolute atomic E-state index is 12.5. The van der Waals surface area contributed by atoms with Crippen molar-refractivity contribution in [3.8, 4) is 5.75 Å². The number of hydrogen-bond acceptors (Lipinski definition) is 4. The molecule has 0 saturated carbocycles. The minimum Gasteiger partial charge on any atom is -0.508 e. The second kappa shape index (κ2) is 6.79. The lowest BCUT2D eigenvalue weighted by Crippen LogP contribution is -2.50. The van der Waals surface area contributed by atoms with Gasteiger partial charge in [0.25, 0.3) is 5.91 Å². The van der Waals surface area contributed by atoms with Gasteiger partial charge in [0.05, 0.1) is 12.2 Å². The lowest BCUT2D eigenvalue weighted by molar-refractivity contribution is -0.0853. The molecule has 0 spiro atoms. The van der Waals surface area contributed by atoms with Crippen LogP contribution in [0.2, 0.25) is 0 Å². The van der Waals surface area contributed by atoms with Crippen molar-refractivity contribution in [3.63, 3.8) is 0 Å². The molecule has 1 amide bonds. The van der Waals surface area contributed by atoms with Gasteiger partial charge in [-0.15, -0.1) is 0 Å². The van der Waals surface area contributed by atoms with Gasteiger partial charge in [-0.25, -0.2) is 0 Å². The Hall–Kier alpha value is -2.11. The first-order valence-electron chi connectivity index (χ1n) is 8.31. The van der Waals surface area contributed by atoms with Crippen molar-refractivity contribution in [2.45, 2.75) is 19.4 Å². The number of carbonyl (C=O) groups excluding carboxylic acids is 1. The predicted molar refractivity (Wildman–Crippen MR) is 94.4 cm³/mol. The van der Waals surface area contributed by atoms with E-state index in [-0.39, 0.29) is 17.3 Å². The number of phenols is 1. The number of ether oxygens (including phenoxy) is 1. The molecule has 24 heavy (non-hydrogen) atoms. The summed E-state index contributed by atoms with van der Waals surface area (Å²) in [5.74, 6) is 0.119. The summed E-state index contributed by atoms with van der Waals surface area (Å²) in [5.41, 5.74) is 0.509. The molecule has 0 bridgehead atoms. The van der Waals surface area contributed by atoms with Gasteiger partial charge in [0.15, 0.2) is 0 Å². The van der Waals surface area contributed by atoms with Crippen LogP contribution >= 0.6 is 0 Å². The van der Waals surface area contributed by atoms with Gasteiger partial charge in [-0.3, -0.25) is 9.69 Å². The molecule has 0 unspecified atom stereocenters. The van der Waals surface area contributed by atoms with Crippen LogP contribution < -0.4 is 5.32 Å². The number of nitrogens with one attached hydrogen (secondary N) is 1. The summed E-state index contributed by atoms with van der Waals surface area (Å²) in [6.45, 7) is 8.08. The molecule has 2 aromatic rings.